The van der Waals surface area contributed by atoms with Crippen molar-refractivity contribution in [1.29, 1.82) is 0 Å². The zero-order valence-corrected chi connectivity index (χ0v) is 18.8. The largest absolute Gasteiger partial charge is 0.327 e. The molecule has 0 aromatic rings. The number of aryl methyl sites for hydroxylation is 2. The normalized spacial score (nSPS) is 19.2. The van der Waals surface area contributed by atoms with Crippen LogP contribution in [0.5, 0.6) is 0 Å². The molecule has 3 rings (SSSR count). The van der Waals surface area contributed by atoms with Gasteiger partial charge in [-0.05, 0) is 60.4 Å². The average Bonchev–Trinajstić information content (AvgIpc) is 2.82. The molecule has 0 radical (unpaired) electrons. The van der Waals surface area contributed by atoms with E-state index in [-0.39, 0.29) is 17.7 Å². The number of amides is 2. The lowest BCUT2D eigenvalue weighted by molar-refractivity contribution is -0.168. The van der Waals surface area contributed by atoms with Crippen molar-refractivity contribution < 1.29 is 9.59 Å². The third-order valence-corrected chi connectivity index (χ3v) is 6.47. The smallest absolute Gasteiger partial charge is 0.251 e. The first-order valence-electron chi connectivity index (χ1n) is 10.8. The number of β-lactam (4-membered cyclic amide) rings is 1. The number of carbonyl (C=O) groups excluding carboxylic acids is 2. The molecule has 0 aromatic carbocycles. The van der Waals surface area contributed by atoms with Crippen LogP contribution in [0.4, 0.5) is 5.69 Å². The predicted molar refractivity (Wildman–Crippen MR) is 119 cm³/mol. The van der Waals surface area contributed by atoms with Crippen molar-refractivity contribution in [2.75, 3.05) is 11.9 Å². The number of hydrogen-bond acceptors (Lipinski definition) is 2. The van der Waals surface area contributed by atoms with Gasteiger partial charge in [0, 0.05) is 17.8 Å². The van der Waals surface area contributed by atoms with E-state index < -0.39 is 5.54 Å². The van der Waals surface area contributed by atoms with Crippen molar-refractivity contribution in [2.24, 2.45) is 5.92 Å². The molecule has 2 aliphatic carbocycles. The first kappa shape index (κ1) is 21.4. The molecule has 4 nitrogen and oxygen atoms in total. The SMILES string of the molecule is CCCN1C(=O)CC1(C(=O)Nc1cc(C)c2cc(C(C)C)ccc(C)c1-2)C(C)C. The van der Waals surface area contributed by atoms with Crippen LogP contribution in [0.25, 0.3) is 11.1 Å². The molecule has 4 heteroatoms. The number of anilines is 1. The molecule has 0 spiro atoms. The fourth-order valence-corrected chi connectivity index (χ4v) is 4.61. The van der Waals surface area contributed by atoms with Gasteiger partial charge in [0.2, 0.25) is 5.91 Å². The highest BCUT2D eigenvalue weighted by Gasteiger charge is 2.58. The van der Waals surface area contributed by atoms with Crippen molar-refractivity contribution in [2.45, 2.75) is 72.8 Å². The lowest BCUT2D eigenvalue weighted by Crippen LogP contribution is -2.71. The van der Waals surface area contributed by atoms with Gasteiger partial charge in [-0.15, -0.1) is 0 Å². The van der Waals surface area contributed by atoms with Gasteiger partial charge in [-0.2, -0.15) is 0 Å². The first-order chi connectivity index (χ1) is 13.6. The summed E-state index contributed by atoms with van der Waals surface area (Å²) in [6.45, 7) is 15.3. The Bertz CT molecular complexity index is 915. The number of nitrogens with zero attached hydrogens (tertiary/aromatic N) is 1. The Morgan fingerprint density at radius 1 is 1.14 bits per heavy atom. The van der Waals surface area contributed by atoms with Gasteiger partial charge in [0.1, 0.15) is 5.54 Å². The van der Waals surface area contributed by atoms with E-state index in [2.05, 4.69) is 57.3 Å². The summed E-state index contributed by atoms with van der Waals surface area (Å²) >= 11 is 0. The summed E-state index contributed by atoms with van der Waals surface area (Å²) in [5.41, 5.74) is 5.95. The highest BCUT2D eigenvalue weighted by Crippen LogP contribution is 2.43. The van der Waals surface area contributed by atoms with E-state index in [9.17, 15) is 9.59 Å². The second kappa shape index (κ2) is 7.81. The molecule has 1 saturated heterocycles. The molecule has 0 aromatic heterocycles. The first-order valence-corrected chi connectivity index (χ1v) is 10.8. The third-order valence-electron chi connectivity index (χ3n) is 6.47. The van der Waals surface area contributed by atoms with E-state index in [0.29, 0.717) is 18.9 Å². The highest BCUT2D eigenvalue weighted by molar-refractivity contribution is 6.09. The van der Waals surface area contributed by atoms with Crippen molar-refractivity contribution in [3.8, 4) is 11.1 Å². The Morgan fingerprint density at radius 3 is 2.38 bits per heavy atom. The van der Waals surface area contributed by atoms with Gasteiger partial charge in [0.05, 0.1) is 6.42 Å². The minimum Gasteiger partial charge on any atom is -0.327 e. The van der Waals surface area contributed by atoms with Crippen LogP contribution < -0.4 is 5.32 Å². The molecule has 0 saturated carbocycles. The maximum Gasteiger partial charge on any atom is 0.251 e. The maximum absolute atomic E-state index is 13.5. The monoisotopic (exact) mass is 394 g/mol. The Kier molecular flexibility index (Phi) is 5.75. The molecule has 3 aliphatic rings. The van der Waals surface area contributed by atoms with E-state index >= 15 is 0 Å². The standard InChI is InChI=1S/C25H34N2O2/c1-8-11-27-22(28)14-25(27,16(4)5)24(29)26-21-12-18(7)20-13-19(15(2)3)10-9-17(6)23(20)21/h9-10,12-13,15-16H,8,11,14H2,1-7H3,(H,26,29). The van der Waals surface area contributed by atoms with Gasteiger partial charge in [0.25, 0.3) is 5.91 Å². The summed E-state index contributed by atoms with van der Waals surface area (Å²) in [5, 5.41) is 3.21. The fraction of sp³-hybridized carbons (Fsp3) is 0.520. The van der Waals surface area contributed by atoms with Crippen LogP contribution in [0.15, 0.2) is 24.3 Å². The van der Waals surface area contributed by atoms with Crippen molar-refractivity contribution in [3.63, 3.8) is 0 Å². The molecule has 1 aliphatic heterocycles. The second-order valence-corrected chi connectivity index (χ2v) is 9.10. The Hall–Kier alpha value is -2.36. The Labute approximate surface area is 175 Å². The second-order valence-electron chi connectivity index (χ2n) is 9.10. The van der Waals surface area contributed by atoms with Crippen LogP contribution in [-0.2, 0) is 9.59 Å². The van der Waals surface area contributed by atoms with Crippen LogP contribution in [0.3, 0.4) is 0 Å². The summed E-state index contributed by atoms with van der Waals surface area (Å²) in [7, 11) is 0. The van der Waals surface area contributed by atoms with Crippen molar-refractivity contribution in [3.05, 3.63) is 41.0 Å². The maximum atomic E-state index is 13.5. The van der Waals surface area contributed by atoms with Crippen LogP contribution in [0, 0.1) is 19.8 Å². The number of hydrogen-bond donors (Lipinski definition) is 1. The lowest BCUT2D eigenvalue weighted by atomic mass is 9.73. The minimum absolute atomic E-state index is 0.0545. The van der Waals surface area contributed by atoms with Crippen LogP contribution in [-0.4, -0.2) is 28.8 Å². The van der Waals surface area contributed by atoms with E-state index in [0.717, 1.165) is 28.8 Å². The number of carbonyl (C=O) groups is 2. The highest BCUT2D eigenvalue weighted by atomic mass is 16.2. The summed E-state index contributed by atoms with van der Waals surface area (Å²) in [4.78, 5) is 27.5. The molecule has 0 bridgehead atoms. The fourth-order valence-electron chi connectivity index (χ4n) is 4.61. The van der Waals surface area contributed by atoms with Gasteiger partial charge in [-0.1, -0.05) is 52.8 Å². The Balaban J connectivity index is 2.01. The van der Waals surface area contributed by atoms with Gasteiger partial charge in [-0.3, -0.25) is 9.59 Å². The van der Waals surface area contributed by atoms with Gasteiger partial charge in [-0.25, -0.2) is 0 Å². The number of nitrogens with one attached hydrogen (secondary N) is 1. The quantitative estimate of drug-likeness (QED) is 0.657. The molecule has 2 amide bonds. The van der Waals surface area contributed by atoms with Crippen LogP contribution in [0.1, 0.15) is 70.1 Å². The molecule has 1 fully saturated rings. The molecule has 1 atom stereocenters. The topological polar surface area (TPSA) is 49.4 Å². The predicted octanol–water partition coefficient (Wildman–Crippen LogP) is 5.51. The summed E-state index contributed by atoms with van der Waals surface area (Å²) < 4.78 is 0. The number of likely N-dealkylation sites (tertiary alicyclic amines) is 1. The third kappa shape index (κ3) is 3.43. The molecular formula is C25H34N2O2. The molecule has 156 valence electrons. The zero-order valence-electron chi connectivity index (χ0n) is 18.8. The molecule has 29 heavy (non-hydrogen) atoms. The molecular weight excluding hydrogens is 360 g/mol. The zero-order chi connectivity index (χ0) is 21.5. The van der Waals surface area contributed by atoms with Crippen molar-refractivity contribution in [1.82, 2.24) is 4.90 Å². The molecule has 1 heterocycles. The van der Waals surface area contributed by atoms with Gasteiger partial charge < -0.3 is 10.2 Å². The van der Waals surface area contributed by atoms with E-state index in [4.69, 9.17) is 0 Å². The lowest BCUT2D eigenvalue weighted by Gasteiger charge is -2.53. The van der Waals surface area contributed by atoms with E-state index in [1.165, 1.54) is 11.1 Å². The summed E-state index contributed by atoms with van der Waals surface area (Å²) in [6.07, 6.45) is 1.14. The molecule has 1 N–H and O–H groups in total. The number of rotatable bonds is 6. The minimum atomic E-state index is -0.751. The van der Waals surface area contributed by atoms with Crippen LogP contribution in [0.2, 0.25) is 0 Å². The molecule has 1 unspecified atom stereocenters. The van der Waals surface area contributed by atoms with E-state index in [1.807, 2.05) is 20.8 Å². The number of fused-ring (bicyclic) bond motifs is 1. The van der Waals surface area contributed by atoms with Gasteiger partial charge in [0.15, 0.2) is 0 Å². The Morgan fingerprint density at radius 2 is 1.83 bits per heavy atom. The summed E-state index contributed by atoms with van der Waals surface area (Å²) in [5.74, 6) is 0.495. The van der Waals surface area contributed by atoms with Crippen LogP contribution >= 0.6 is 0 Å². The average molecular weight is 395 g/mol. The summed E-state index contributed by atoms with van der Waals surface area (Å²) in [6, 6.07) is 8.63. The van der Waals surface area contributed by atoms with Gasteiger partial charge >= 0.3 is 0 Å². The van der Waals surface area contributed by atoms with Crippen molar-refractivity contribution >= 4 is 17.5 Å². The van der Waals surface area contributed by atoms with E-state index in [1.54, 1.807) is 4.90 Å².